The lowest BCUT2D eigenvalue weighted by atomic mass is 10.3. The molecule has 17 heavy (non-hydrogen) atoms. The van der Waals surface area contributed by atoms with Crippen molar-refractivity contribution in [1.82, 2.24) is 9.97 Å². The first-order chi connectivity index (χ1) is 7.63. The van der Waals surface area contributed by atoms with Crippen molar-refractivity contribution < 1.29 is 31.1 Å². The Bertz CT molecular complexity index is 407. The third kappa shape index (κ3) is 3.11. The molecule has 0 aromatic carbocycles. The Morgan fingerprint density at radius 2 is 1.82 bits per heavy atom. The first-order valence-corrected chi connectivity index (χ1v) is 3.99. The Morgan fingerprint density at radius 3 is 2.35 bits per heavy atom. The molecule has 0 amide bonds. The zero-order valence-corrected chi connectivity index (χ0v) is 7.93. The summed E-state index contributed by atoms with van der Waals surface area (Å²) < 4.78 is 76.7. The number of nitrogens with two attached hydrogens (primary N) is 1. The fourth-order valence-electron chi connectivity index (χ4n) is 0.706. The van der Waals surface area contributed by atoms with Gasteiger partial charge in [-0.05, 0) is 0 Å². The van der Waals surface area contributed by atoms with Gasteiger partial charge in [-0.25, -0.2) is 4.98 Å². The van der Waals surface area contributed by atoms with Crippen LogP contribution in [-0.2, 0) is 0 Å². The summed E-state index contributed by atoms with van der Waals surface area (Å²) in [6.45, 7) is -2.09. The highest BCUT2D eigenvalue weighted by Gasteiger charge is 2.58. The van der Waals surface area contributed by atoms with Gasteiger partial charge in [0.05, 0.1) is 6.20 Å². The van der Waals surface area contributed by atoms with E-state index in [2.05, 4.69) is 14.7 Å². The summed E-state index contributed by atoms with van der Waals surface area (Å²) in [5.74, 6) is -7.99. The second-order valence-electron chi connectivity index (χ2n) is 2.87. The smallest absolute Gasteiger partial charge is 0.456 e. The Labute approximate surface area is 90.4 Å². The predicted molar refractivity (Wildman–Crippen MR) is 42.9 cm³/mol. The number of hydrogen-bond donors (Lipinski definition) is 1. The maximum absolute atomic E-state index is 12.8. The molecule has 0 saturated heterocycles. The standard InChI is InChI=1S/C7H5F6N3O/c8-3-1-15-5(14)16-4(3)17-2-6(9,10)7(11,12)13/h1H,2H2,(H2,14,15,16). The van der Waals surface area contributed by atoms with E-state index >= 15 is 0 Å². The van der Waals surface area contributed by atoms with E-state index in [1.54, 1.807) is 0 Å². The van der Waals surface area contributed by atoms with Gasteiger partial charge in [-0.3, -0.25) is 0 Å². The number of rotatable bonds is 3. The van der Waals surface area contributed by atoms with E-state index < -0.39 is 36.4 Å². The van der Waals surface area contributed by atoms with Crippen LogP contribution in [0.15, 0.2) is 6.20 Å². The van der Waals surface area contributed by atoms with Crippen LogP contribution in [0.25, 0.3) is 0 Å². The summed E-state index contributed by atoms with van der Waals surface area (Å²) in [6, 6.07) is 0. The fraction of sp³-hybridized carbons (Fsp3) is 0.429. The van der Waals surface area contributed by atoms with Crippen molar-refractivity contribution in [3.05, 3.63) is 12.0 Å². The number of anilines is 1. The van der Waals surface area contributed by atoms with Crippen LogP contribution in [0.5, 0.6) is 5.88 Å². The van der Waals surface area contributed by atoms with Gasteiger partial charge in [-0.15, -0.1) is 0 Å². The molecule has 1 rings (SSSR count). The van der Waals surface area contributed by atoms with E-state index in [-0.39, 0.29) is 0 Å². The van der Waals surface area contributed by atoms with Gasteiger partial charge in [-0.2, -0.15) is 31.3 Å². The van der Waals surface area contributed by atoms with Crippen LogP contribution in [0.1, 0.15) is 0 Å². The van der Waals surface area contributed by atoms with Crippen molar-refractivity contribution in [2.24, 2.45) is 0 Å². The molecular weight excluding hydrogens is 256 g/mol. The summed E-state index contributed by atoms with van der Waals surface area (Å²) in [7, 11) is 0. The maximum atomic E-state index is 12.8. The molecule has 0 aliphatic rings. The molecule has 1 aromatic rings. The molecule has 4 nitrogen and oxygen atoms in total. The molecule has 0 aliphatic heterocycles. The van der Waals surface area contributed by atoms with Crippen LogP contribution < -0.4 is 10.5 Å². The van der Waals surface area contributed by atoms with E-state index in [1.807, 2.05) is 0 Å². The SMILES string of the molecule is Nc1ncc(F)c(OCC(F)(F)C(F)(F)F)n1. The van der Waals surface area contributed by atoms with E-state index in [9.17, 15) is 26.3 Å². The summed E-state index contributed by atoms with van der Waals surface area (Å²) in [5.41, 5.74) is 4.97. The van der Waals surface area contributed by atoms with Gasteiger partial charge in [-0.1, -0.05) is 0 Å². The first kappa shape index (κ1) is 13.3. The highest BCUT2D eigenvalue weighted by Crippen LogP contribution is 2.35. The van der Waals surface area contributed by atoms with Crippen molar-refractivity contribution in [3.63, 3.8) is 0 Å². The second-order valence-corrected chi connectivity index (χ2v) is 2.87. The van der Waals surface area contributed by atoms with Crippen LogP contribution >= 0.6 is 0 Å². The number of halogens is 6. The van der Waals surface area contributed by atoms with Crippen molar-refractivity contribution >= 4 is 5.95 Å². The van der Waals surface area contributed by atoms with Crippen molar-refractivity contribution in [2.45, 2.75) is 12.1 Å². The molecule has 0 bridgehead atoms. The number of ether oxygens (including phenoxy) is 1. The van der Waals surface area contributed by atoms with Gasteiger partial charge in [0.15, 0.2) is 6.61 Å². The zero-order valence-electron chi connectivity index (χ0n) is 7.93. The number of nitrogens with zero attached hydrogens (tertiary/aromatic N) is 2. The van der Waals surface area contributed by atoms with Gasteiger partial charge in [0.2, 0.25) is 11.8 Å². The lowest BCUT2D eigenvalue weighted by Gasteiger charge is -2.19. The van der Waals surface area contributed by atoms with Gasteiger partial charge in [0, 0.05) is 0 Å². The minimum Gasteiger partial charge on any atom is -0.469 e. The number of alkyl halides is 5. The summed E-state index contributed by atoms with van der Waals surface area (Å²) >= 11 is 0. The Hall–Kier alpha value is -1.74. The third-order valence-corrected chi connectivity index (χ3v) is 1.54. The van der Waals surface area contributed by atoms with Crippen molar-refractivity contribution in [1.29, 1.82) is 0 Å². The molecule has 1 aromatic heterocycles. The molecule has 0 unspecified atom stereocenters. The van der Waals surface area contributed by atoms with Crippen LogP contribution in [-0.4, -0.2) is 28.7 Å². The van der Waals surface area contributed by atoms with Crippen LogP contribution in [0.3, 0.4) is 0 Å². The van der Waals surface area contributed by atoms with Crippen molar-refractivity contribution in [3.8, 4) is 5.88 Å². The molecule has 1 heterocycles. The number of hydrogen-bond acceptors (Lipinski definition) is 4. The molecular formula is C7H5F6N3O. The highest BCUT2D eigenvalue weighted by atomic mass is 19.4. The second kappa shape index (κ2) is 4.26. The van der Waals surface area contributed by atoms with Gasteiger partial charge in [0.1, 0.15) is 0 Å². The average Bonchev–Trinajstić information content (AvgIpc) is 2.18. The maximum Gasteiger partial charge on any atom is 0.456 e. The summed E-state index contributed by atoms with van der Waals surface area (Å²) in [5, 5.41) is 0. The largest absolute Gasteiger partial charge is 0.469 e. The minimum absolute atomic E-state index is 0.489. The quantitative estimate of drug-likeness (QED) is 0.842. The Balaban J connectivity index is 2.77. The first-order valence-electron chi connectivity index (χ1n) is 3.99. The van der Waals surface area contributed by atoms with Gasteiger partial charge in [0.25, 0.3) is 5.88 Å². The number of aromatic nitrogens is 2. The van der Waals surface area contributed by atoms with Crippen LogP contribution in [0.4, 0.5) is 32.3 Å². The molecule has 0 saturated carbocycles. The predicted octanol–water partition coefficient (Wildman–Crippen LogP) is 1.77. The topological polar surface area (TPSA) is 61.0 Å². The van der Waals surface area contributed by atoms with E-state index in [0.717, 1.165) is 0 Å². The molecule has 0 atom stereocenters. The number of nitrogen functional groups attached to an aromatic ring is 1. The zero-order chi connectivity index (χ0) is 13.3. The van der Waals surface area contributed by atoms with Gasteiger partial charge < -0.3 is 10.5 Å². The lowest BCUT2D eigenvalue weighted by Crippen LogP contribution is -2.42. The Kier molecular flexibility index (Phi) is 3.34. The molecule has 0 spiro atoms. The van der Waals surface area contributed by atoms with Gasteiger partial charge >= 0.3 is 12.1 Å². The minimum atomic E-state index is -5.79. The lowest BCUT2D eigenvalue weighted by molar-refractivity contribution is -0.290. The molecule has 2 N–H and O–H groups in total. The molecule has 96 valence electrons. The van der Waals surface area contributed by atoms with Crippen LogP contribution in [0, 0.1) is 5.82 Å². The monoisotopic (exact) mass is 261 g/mol. The molecule has 0 fully saturated rings. The highest BCUT2D eigenvalue weighted by molar-refractivity contribution is 5.22. The molecule has 0 aliphatic carbocycles. The summed E-state index contributed by atoms with van der Waals surface area (Å²) in [6.07, 6.45) is -5.30. The summed E-state index contributed by atoms with van der Waals surface area (Å²) in [4.78, 5) is 6.16. The molecule has 0 radical (unpaired) electrons. The normalized spacial score (nSPS) is 12.6. The van der Waals surface area contributed by atoms with Crippen molar-refractivity contribution in [2.75, 3.05) is 12.3 Å². The fourth-order valence-corrected chi connectivity index (χ4v) is 0.706. The Morgan fingerprint density at radius 1 is 1.24 bits per heavy atom. The third-order valence-electron chi connectivity index (χ3n) is 1.54. The van der Waals surface area contributed by atoms with E-state index in [4.69, 9.17) is 5.73 Å². The molecule has 10 heteroatoms. The van der Waals surface area contributed by atoms with E-state index in [0.29, 0.717) is 6.20 Å². The average molecular weight is 261 g/mol. The van der Waals surface area contributed by atoms with E-state index in [1.165, 1.54) is 0 Å². The van der Waals surface area contributed by atoms with Crippen LogP contribution in [0.2, 0.25) is 0 Å².